The second kappa shape index (κ2) is 14.9. The molecule has 2 saturated heterocycles. The van der Waals surface area contributed by atoms with Crippen molar-refractivity contribution in [1.29, 1.82) is 0 Å². The first-order valence-electron chi connectivity index (χ1n) is 18.3. The molecule has 2 bridgehead atoms. The van der Waals surface area contributed by atoms with E-state index in [0.29, 0.717) is 24.5 Å². The monoisotopic (exact) mass is 727 g/mol. The SMILES string of the molecule is CC1=CC2C[C@@H]3C[C@H]4OC(=O)/C=C\C=C\[C@H]([C@@H](C)O)OCCC(C)[C@H](OC(=O)CCC(=O)ON5C(=O)CCC5=O)C(=O)OCC2(CC1)[C@]4(C)[C@]31CO1. The van der Waals surface area contributed by atoms with Gasteiger partial charge in [-0.05, 0) is 57.8 Å². The normalized spacial score (nSPS) is 39.6. The van der Waals surface area contributed by atoms with E-state index in [0.717, 1.165) is 12.8 Å². The maximum Gasteiger partial charge on any atom is 0.347 e. The van der Waals surface area contributed by atoms with E-state index in [-0.39, 0.29) is 44.3 Å². The van der Waals surface area contributed by atoms with Crippen molar-refractivity contribution in [3.05, 3.63) is 36.0 Å². The van der Waals surface area contributed by atoms with Crippen LogP contribution in [0.3, 0.4) is 0 Å². The first-order chi connectivity index (χ1) is 24.7. The molecule has 3 heterocycles. The Balaban J connectivity index is 1.25. The zero-order valence-electron chi connectivity index (χ0n) is 30.2. The second-order valence-electron chi connectivity index (χ2n) is 15.4. The molecule has 14 nitrogen and oxygen atoms in total. The molecule has 3 aliphatic carbocycles. The molecule has 3 unspecified atom stereocenters. The summed E-state index contributed by atoms with van der Waals surface area (Å²) in [5, 5.41) is 10.7. The van der Waals surface area contributed by atoms with Crippen LogP contribution in [0.2, 0.25) is 0 Å². The van der Waals surface area contributed by atoms with E-state index in [1.54, 1.807) is 32.1 Å². The fourth-order valence-electron chi connectivity index (χ4n) is 9.23. The molecule has 6 aliphatic rings. The maximum absolute atomic E-state index is 14.1. The lowest BCUT2D eigenvalue weighted by Gasteiger charge is -2.59. The fourth-order valence-corrected chi connectivity index (χ4v) is 9.23. The molecule has 14 heteroatoms. The van der Waals surface area contributed by atoms with Gasteiger partial charge in [-0.1, -0.05) is 43.7 Å². The van der Waals surface area contributed by atoms with Gasteiger partial charge in [0, 0.05) is 42.3 Å². The number of ether oxygens (including phenoxy) is 5. The third kappa shape index (κ3) is 6.96. The van der Waals surface area contributed by atoms with E-state index >= 15 is 0 Å². The molecular weight excluding hydrogens is 678 g/mol. The number of cyclic esters (lactones) is 1. The summed E-state index contributed by atoms with van der Waals surface area (Å²) in [6.07, 6.45) is 6.84. The van der Waals surface area contributed by atoms with Crippen LogP contribution in [-0.2, 0) is 57.3 Å². The second-order valence-corrected chi connectivity index (χ2v) is 15.4. The van der Waals surface area contributed by atoms with Crippen molar-refractivity contribution in [2.75, 3.05) is 19.8 Å². The van der Waals surface area contributed by atoms with Gasteiger partial charge in [0.2, 0.25) is 6.10 Å². The molecule has 0 aromatic carbocycles. The molecule has 4 fully saturated rings. The maximum atomic E-state index is 14.1. The summed E-state index contributed by atoms with van der Waals surface area (Å²) in [6.45, 7) is 8.05. The topological polar surface area (TPSA) is 185 Å². The van der Waals surface area contributed by atoms with Gasteiger partial charge in [-0.25, -0.2) is 14.4 Å². The van der Waals surface area contributed by atoms with Crippen LogP contribution in [0.25, 0.3) is 0 Å². The number of hydrogen-bond acceptors (Lipinski definition) is 13. The summed E-state index contributed by atoms with van der Waals surface area (Å²) < 4.78 is 30.3. The van der Waals surface area contributed by atoms with Crippen molar-refractivity contribution in [2.24, 2.45) is 28.6 Å². The molecule has 2 spiro atoms. The Bertz CT molecular complexity index is 1540. The van der Waals surface area contributed by atoms with Crippen molar-refractivity contribution < 1.29 is 62.4 Å². The van der Waals surface area contributed by atoms with E-state index < -0.39 is 95.3 Å². The molecular formula is C38H49NO13. The molecule has 0 aromatic heterocycles. The molecule has 2 saturated carbocycles. The summed E-state index contributed by atoms with van der Waals surface area (Å²) >= 11 is 0. The molecule has 0 radical (unpaired) electrons. The Kier molecular flexibility index (Phi) is 10.8. The Morgan fingerprint density at radius 3 is 2.44 bits per heavy atom. The average Bonchev–Trinajstić information content (AvgIpc) is 3.82. The molecule has 52 heavy (non-hydrogen) atoms. The van der Waals surface area contributed by atoms with Crippen LogP contribution < -0.4 is 0 Å². The number of hydroxylamine groups is 2. The largest absolute Gasteiger partial charge is 0.462 e. The van der Waals surface area contributed by atoms with Crippen LogP contribution in [0.5, 0.6) is 0 Å². The van der Waals surface area contributed by atoms with Gasteiger partial charge in [-0.2, -0.15) is 0 Å². The lowest BCUT2D eigenvalue weighted by molar-refractivity contribution is -0.199. The third-order valence-corrected chi connectivity index (χ3v) is 12.3. The number of rotatable bonds is 6. The number of amides is 2. The lowest BCUT2D eigenvalue weighted by Crippen LogP contribution is -2.63. The predicted octanol–water partition coefficient (Wildman–Crippen LogP) is 3.20. The average molecular weight is 728 g/mol. The van der Waals surface area contributed by atoms with Crippen molar-refractivity contribution in [3.63, 3.8) is 0 Å². The van der Waals surface area contributed by atoms with Crippen molar-refractivity contribution in [1.82, 2.24) is 5.06 Å². The quantitative estimate of drug-likeness (QED) is 0.138. The number of aliphatic hydroxyl groups is 1. The number of hydrogen-bond donors (Lipinski definition) is 1. The van der Waals surface area contributed by atoms with Crippen LogP contribution in [0.4, 0.5) is 0 Å². The van der Waals surface area contributed by atoms with E-state index in [2.05, 4.69) is 19.9 Å². The van der Waals surface area contributed by atoms with Crippen LogP contribution in [0, 0.1) is 28.6 Å². The zero-order chi connectivity index (χ0) is 37.4. The number of carbonyl (C=O) groups excluding carboxylic acids is 6. The van der Waals surface area contributed by atoms with Crippen LogP contribution in [0.1, 0.15) is 85.5 Å². The number of carbonyl (C=O) groups is 6. The first kappa shape index (κ1) is 37.9. The number of epoxide rings is 1. The molecule has 284 valence electrons. The fraction of sp³-hybridized carbons (Fsp3) is 0.684. The molecule has 0 aromatic rings. The Labute approximate surface area is 302 Å². The zero-order valence-corrected chi connectivity index (χ0v) is 30.2. The lowest BCUT2D eigenvalue weighted by atomic mass is 9.45. The summed E-state index contributed by atoms with van der Waals surface area (Å²) in [5.74, 6) is -4.85. The van der Waals surface area contributed by atoms with Crippen molar-refractivity contribution in [2.45, 2.75) is 115 Å². The summed E-state index contributed by atoms with van der Waals surface area (Å²) in [6, 6.07) is 0. The highest BCUT2D eigenvalue weighted by Crippen LogP contribution is 2.75. The van der Waals surface area contributed by atoms with E-state index in [9.17, 15) is 33.9 Å². The first-order valence-corrected chi connectivity index (χ1v) is 18.3. The number of aliphatic hydroxyl groups excluding tert-OH is 1. The molecule has 10 atom stereocenters. The number of esters is 3. The molecule has 3 aliphatic heterocycles. The van der Waals surface area contributed by atoms with Crippen LogP contribution >= 0.6 is 0 Å². The summed E-state index contributed by atoms with van der Waals surface area (Å²) in [4.78, 5) is 81.3. The number of allylic oxidation sites excluding steroid dienone is 4. The highest BCUT2D eigenvalue weighted by molar-refractivity contribution is 6.01. The molecule has 1 N–H and O–H groups in total. The highest BCUT2D eigenvalue weighted by Gasteiger charge is 2.81. The van der Waals surface area contributed by atoms with E-state index in [4.69, 9.17) is 28.5 Å². The smallest absolute Gasteiger partial charge is 0.347 e. The van der Waals surface area contributed by atoms with Gasteiger partial charge in [-0.15, -0.1) is 5.06 Å². The van der Waals surface area contributed by atoms with Gasteiger partial charge < -0.3 is 33.6 Å². The van der Waals surface area contributed by atoms with Gasteiger partial charge in [0.15, 0.2) is 0 Å². The third-order valence-electron chi connectivity index (χ3n) is 12.3. The number of nitrogens with zero attached hydrogens (tertiary/aromatic N) is 1. The van der Waals surface area contributed by atoms with Crippen molar-refractivity contribution in [3.8, 4) is 0 Å². The van der Waals surface area contributed by atoms with E-state index in [1.165, 1.54) is 11.6 Å². The van der Waals surface area contributed by atoms with Crippen LogP contribution in [-0.4, -0.2) is 95.7 Å². The van der Waals surface area contributed by atoms with E-state index in [1.807, 2.05) is 0 Å². The van der Waals surface area contributed by atoms with Crippen LogP contribution in [0.15, 0.2) is 36.0 Å². The summed E-state index contributed by atoms with van der Waals surface area (Å²) in [7, 11) is 0. The number of imide groups is 1. The van der Waals surface area contributed by atoms with Gasteiger partial charge >= 0.3 is 23.9 Å². The van der Waals surface area contributed by atoms with Gasteiger partial charge in [0.25, 0.3) is 11.8 Å². The standard InChI is InChI=1S/C38H49NO13/c1-22-13-15-37-20-48-35(46)34(51-32(44)11-12-33(45)52-39-29(41)9-10-30(39)42)23(2)14-16-47-27(24(3)40)7-5-6-8-31(43)50-28-19-26(18-25(37)17-22)38(21-49-38)36(28,37)4/h5-8,17,23-28,34,40H,9-16,18-21H2,1-4H3/b7-5+,8-6-/t23?,24-,25?,26-,27-,28-,34+,36-,37?,38+/m1/s1. The Morgan fingerprint density at radius 2 is 1.75 bits per heavy atom. The minimum atomic E-state index is -1.38. The Hall–Kier alpha value is -3.88. The molecule has 2 amide bonds. The van der Waals surface area contributed by atoms with Gasteiger partial charge in [0.1, 0.15) is 17.8 Å². The van der Waals surface area contributed by atoms with Gasteiger partial charge in [0.05, 0.1) is 32.2 Å². The highest BCUT2D eigenvalue weighted by atomic mass is 16.7. The predicted molar refractivity (Wildman–Crippen MR) is 179 cm³/mol. The van der Waals surface area contributed by atoms with Crippen molar-refractivity contribution >= 4 is 35.7 Å². The summed E-state index contributed by atoms with van der Waals surface area (Å²) in [5.41, 5.74) is -0.624. The molecule has 6 rings (SSSR count). The van der Waals surface area contributed by atoms with Gasteiger partial charge in [-0.3, -0.25) is 14.4 Å². The minimum absolute atomic E-state index is 0.0210. The minimum Gasteiger partial charge on any atom is -0.462 e. The Morgan fingerprint density at radius 1 is 1.04 bits per heavy atom.